The zero-order valence-corrected chi connectivity index (χ0v) is 8.72. The first-order valence-electron chi connectivity index (χ1n) is 4.14. The van der Waals surface area contributed by atoms with Crippen LogP contribution in [0.15, 0.2) is 17.8 Å². The van der Waals surface area contributed by atoms with Crippen molar-refractivity contribution in [3.05, 3.63) is 18.3 Å². The van der Waals surface area contributed by atoms with Gasteiger partial charge >= 0.3 is 0 Å². The van der Waals surface area contributed by atoms with E-state index in [-0.39, 0.29) is 5.11 Å². The van der Waals surface area contributed by atoms with Gasteiger partial charge in [0.25, 0.3) is 0 Å². The van der Waals surface area contributed by atoms with Crippen molar-refractivity contribution in [2.45, 2.75) is 0 Å². The number of aromatic nitrogens is 4. The summed E-state index contributed by atoms with van der Waals surface area (Å²) in [4.78, 5) is 11.7. The fourth-order valence-corrected chi connectivity index (χ4v) is 1.15. The molecule has 2 aliphatic heterocycles. The molecule has 0 aromatic carbocycles. The zero-order valence-electron chi connectivity index (χ0n) is 7.90. The van der Waals surface area contributed by atoms with Gasteiger partial charge in [0, 0.05) is 0 Å². The average molecular weight is 237 g/mol. The summed E-state index contributed by atoms with van der Waals surface area (Å²) in [5.41, 5.74) is 8.45. The number of hydrazone groups is 1. The Morgan fingerprint density at radius 2 is 2.38 bits per heavy atom. The lowest BCUT2D eigenvalue weighted by atomic mass is 10.3. The molecule has 0 fully saturated rings. The summed E-state index contributed by atoms with van der Waals surface area (Å²) in [6.07, 6.45) is 3.90. The Labute approximate surface area is 95.1 Å². The van der Waals surface area contributed by atoms with Crippen LogP contribution >= 0.6 is 12.2 Å². The van der Waals surface area contributed by atoms with Crippen LogP contribution in [0.25, 0.3) is 11.5 Å². The van der Waals surface area contributed by atoms with Crippen LogP contribution < -0.4 is 11.2 Å². The molecule has 2 rings (SSSR count). The van der Waals surface area contributed by atoms with E-state index in [9.17, 15) is 5.21 Å². The van der Waals surface area contributed by atoms with Crippen molar-refractivity contribution in [1.82, 2.24) is 25.1 Å². The van der Waals surface area contributed by atoms with Crippen molar-refractivity contribution in [3.63, 3.8) is 0 Å². The number of hydrogen-bond acceptors (Lipinski definition) is 6. The van der Waals surface area contributed by atoms with Crippen molar-refractivity contribution in [2.75, 3.05) is 0 Å². The molecule has 8 nitrogen and oxygen atoms in total. The van der Waals surface area contributed by atoms with Gasteiger partial charge in [0.05, 0.1) is 6.21 Å². The first-order valence-corrected chi connectivity index (χ1v) is 4.55. The molecule has 0 atom stereocenters. The lowest BCUT2D eigenvalue weighted by molar-refractivity contribution is 0.183. The fraction of sp³-hybridized carbons (Fsp3) is 0. The Morgan fingerprint density at radius 3 is 3.12 bits per heavy atom. The van der Waals surface area contributed by atoms with Crippen LogP contribution in [0.3, 0.4) is 0 Å². The van der Waals surface area contributed by atoms with Crippen molar-refractivity contribution in [2.24, 2.45) is 10.8 Å². The second-order valence-corrected chi connectivity index (χ2v) is 3.19. The maximum Gasteiger partial charge on any atom is 0.199 e. The molecule has 0 spiro atoms. The number of nitrogens with one attached hydrogen (secondary N) is 1. The van der Waals surface area contributed by atoms with Crippen molar-refractivity contribution < 1.29 is 5.21 Å². The van der Waals surface area contributed by atoms with Crippen molar-refractivity contribution in [1.29, 1.82) is 0 Å². The molecule has 0 amide bonds. The summed E-state index contributed by atoms with van der Waals surface area (Å²) < 4.78 is 0.778. The number of nitrogens with two attached hydrogens (primary N) is 1. The Hall–Kier alpha value is -2.29. The molecule has 82 valence electrons. The number of thiocarbonyl (C=S) groups is 1. The van der Waals surface area contributed by atoms with Crippen LogP contribution in [0.5, 0.6) is 0 Å². The Morgan fingerprint density at radius 1 is 1.56 bits per heavy atom. The van der Waals surface area contributed by atoms with E-state index in [0.29, 0.717) is 17.2 Å². The molecule has 0 radical (unpaired) electrons. The topological polar surface area (TPSA) is 114 Å². The second kappa shape index (κ2) is 4.06. The normalized spacial score (nSPS) is 11.0. The minimum Gasteiger partial charge on any atom is -0.425 e. The molecule has 9 heteroatoms. The lowest BCUT2D eigenvalue weighted by Crippen LogP contribution is -2.24. The first-order chi connectivity index (χ1) is 7.68. The van der Waals surface area contributed by atoms with E-state index < -0.39 is 0 Å². The molecule has 0 unspecified atom stereocenters. The monoisotopic (exact) mass is 237 g/mol. The second-order valence-electron chi connectivity index (χ2n) is 2.75. The number of fused-ring (bicyclic) bond motifs is 1. The van der Waals surface area contributed by atoms with E-state index in [4.69, 9.17) is 5.73 Å². The molecule has 0 bridgehead atoms. The standard InChI is InChI=1S/C7H7N7OS/c8-7(16)13-12-1-4-5-6(10-2-9-5)14(15)3-11-4/h1-3,15H,(H3,8,13,16)/b12-1-. The first kappa shape index (κ1) is 10.2. The summed E-state index contributed by atoms with van der Waals surface area (Å²) in [6.45, 7) is 0. The van der Waals surface area contributed by atoms with Crippen molar-refractivity contribution in [3.8, 4) is 11.5 Å². The highest BCUT2D eigenvalue weighted by Gasteiger charge is 2.14. The summed E-state index contributed by atoms with van der Waals surface area (Å²) >= 11 is 4.57. The largest absolute Gasteiger partial charge is 0.425 e. The van der Waals surface area contributed by atoms with Gasteiger partial charge in [-0.25, -0.2) is 15.0 Å². The van der Waals surface area contributed by atoms with Crippen LogP contribution in [-0.2, 0) is 0 Å². The minimum absolute atomic E-state index is 0.0502. The maximum absolute atomic E-state index is 9.35. The van der Waals surface area contributed by atoms with Gasteiger partial charge in [0.1, 0.15) is 24.0 Å². The highest BCUT2D eigenvalue weighted by atomic mass is 32.1. The fourth-order valence-electron chi connectivity index (χ4n) is 1.09. The van der Waals surface area contributed by atoms with Gasteiger partial charge in [0.15, 0.2) is 10.9 Å². The predicted octanol–water partition coefficient (Wildman–Crippen LogP) is -0.818. The Kier molecular flexibility index (Phi) is 2.60. The highest BCUT2D eigenvalue weighted by molar-refractivity contribution is 7.80. The third-order valence-electron chi connectivity index (χ3n) is 1.71. The molecule has 0 aromatic rings. The molecule has 0 aromatic heterocycles. The Bertz CT molecular complexity index is 522. The van der Waals surface area contributed by atoms with Gasteiger partial charge in [-0.05, 0) is 12.2 Å². The lowest BCUT2D eigenvalue weighted by Gasteiger charge is -2.03. The van der Waals surface area contributed by atoms with Gasteiger partial charge in [0.2, 0.25) is 0 Å². The SMILES string of the molecule is NC(=S)N/N=C\c1ncn(O)c2ncnc1-2. The zero-order chi connectivity index (χ0) is 11.5. The van der Waals surface area contributed by atoms with Gasteiger partial charge in [-0.3, -0.25) is 5.43 Å². The van der Waals surface area contributed by atoms with Gasteiger partial charge in [-0.2, -0.15) is 9.83 Å². The molecule has 2 heterocycles. The maximum atomic E-state index is 9.35. The van der Waals surface area contributed by atoms with Gasteiger partial charge in [-0.1, -0.05) is 0 Å². The number of nitrogens with zero attached hydrogens (tertiary/aromatic N) is 5. The van der Waals surface area contributed by atoms with Crippen LogP contribution in [0, 0.1) is 0 Å². The van der Waals surface area contributed by atoms with Gasteiger partial charge < -0.3 is 10.9 Å². The number of hydrogen-bond donors (Lipinski definition) is 3. The van der Waals surface area contributed by atoms with Crippen LogP contribution in [-0.4, -0.2) is 36.2 Å². The van der Waals surface area contributed by atoms with E-state index in [0.717, 1.165) is 4.73 Å². The summed E-state index contributed by atoms with van der Waals surface area (Å²) in [5, 5.41) is 13.1. The molecular weight excluding hydrogens is 230 g/mol. The third-order valence-corrected chi connectivity index (χ3v) is 1.80. The van der Waals surface area contributed by atoms with E-state index in [1.807, 2.05) is 0 Å². The van der Waals surface area contributed by atoms with Crippen LogP contribution in [0.1, 0.15) is 5.69 Å². The summed E-state index contributed by atoms with van der Waals surface area (Å²) in [6, 6.07) is 0. The smallest absolute Gasteiger partial charge is 0.199 e. The number of rotatable bonds is 2. The molecule has 2 aliphatic rings. The van der Waals surface area contributed by atoms with E-state index in [1.165, 1.54) is 18.9 Å². The molecule has 16 heavy (non-hydrogen) atoms. The average Bonchev–Trinajstić information content (AvgIpc) is 2.70. The Balaban J connectivity index is 2.32. The van der Waals surface area contributed by atoms with Gasteiger partial charge in [-0.15, -0.1) is 0 Å². The molecule has 0 aliphatic carbocycles. The minimum atomic E-state index is 0.0502. The van der Waals surface area contributed by atoms with E-state index in [2.05, 4.69) is 37.7 Å². The van der Waals surface area contributed by atoms with E-state index >= 15 is 0 Å². The summed E-state index contributed by atoms with van der Waals surface area (Å²) in [5.74, 6) is 0.298. The molecule has 4 N–H and O–H groups in total. The molecule has 0 saturated heterocycles. The predicted molar refractivity (Wildman–Crippen MR) is 59.1 cm³/mol. The van der Waals surface area contributed by atoms with E-state index in [1.54, 1.807) is 0 Å². The third kappa shape index (κ3) is 1.88. The van der Waals surface area contributed by atoms with Crippen molar-refractivity contribution >= 4 is 23.5 Å². The number of imidazole rings is 1. The molecule has 0 saturated carbocycles. The van der Waals surface area contributed by atoms with Crippen LogP contribution in [0.2, 0.25) is 0 Å². The highest BCUT2D eigenvalue weighted by Crippen LogP contribution is 2.16. The molecular formula is C7H7N7OS. The van der Waals surface area contributed by atoms with Crippen LogP contribution in [0.4, 0.5) is 0 Å². The quantitative estimate of drug-likeness (QED) is 0.270. The summed E-state index contributed by atoms with van der Waals surface area (Å²) in [7, 11) is 0.